The Morgan fingerprint density at radius 1 is 1.15 bits per heavy atom. The van der Waals surface area contributed by atoms with Crippen molar-refractivity contribution in [1.29, 1.82) is 0 Å². The molecule has 150 valence electrons. The van der Waals surface area contributed by atoms with Gasteiger partial charge in [0.1, 0.15) is 6.04 Å². The molecule has 1 amide bonds. The maximum atomic E-state index is 12.9. The first kappa shape index (κ1) is 23.9. The van der Waals surface area contributed by atoms with Crippen LogP contribution in [0, 0.1) is 5.92 Å². The van der Waals surface area contributed by atoms with E-state index in [0.717, 1.165) is 22.4 Å². The van der Waals surface area contributed by atoms with Crippen molar-refractivity contribution in [3.63, 3.8) is 0 Å². The SMILES string of the molecule is CCOC(=O)[C@H](CSCSC)NC(=O)[C@@H](CSC(C)=O)Cc1ccccc1. The van der Waals surface area contributed by atoms with Gasteiger partial charge in [0.25, 0.3) is 0 Å². The molecule has 1 rings (SSSR count). The largest absolute Gasteiger partial charge is 0.464 e. The fourth-order valence-electron chi connectivity index (χ4n) is 2.29. The number of hydrogen-bond acceptors (Lipinski definition) is 7. The fraction of sp³-hybridized carbons (Fsp3) is 0.526. The van der Waals surface area contributed by atoms with Gasteiger partial charge < -0.3 is 10.1 Å². The van der Waals surface area contributed by atoms with Gasteiger partial charge in [-0.3, -0.25) is 9.59 Å². The lowest BCUT2D eigenvalue weighted by molar-refractivity contribution is -0.147. The van der Waals surface area contributed by atoms with Crippen LogP contribution >= 0.6 is 35.3 Å². The van der Waals surface area contributed by atoms with Crippen molar-refractivity contribution in [2.45, 2.75) is 26.3 Å². The molecule has 5 nitrogen and oxygen atoms in total. The van der Waals surface area contributed by atoms with Crippen LogP contribution in [-0.2, 0) is 25.5 Å². The minimum absolute atomic E-state index is 0.0293. The maximum absolute atomic E-state index is 12.9. The van der Waals surface area contributed by atoms with Crippen molar-refractivity contribution in [3.05, 3.63) is 35.9 Å². The Hall–Kier alpha value is -1.12. The molecule has 0 aliphatic heterocycles. The van der Waals surface area contributed by atoms with Crippen LogP contribution in [0.5, 0.6) is 0 Å². The Labute approximate surface area is 174 Å². The zero-order valence-corrected chi connectivity index (χ0v) is 18.4. The molecule has 0 radical (unpaired) electrons. The number of benzene rings is 1. The lowest BCUT2D eigenvalue weighted by atomic mass is 10.00. The highest BCUT2D eigenvalue weighted by atomic mass is 32.2. The molecular formula is C19H27NO4S3. The van der Waals surface area contributed by atoms with Gasteiger partial charge >= 0.3 is 5.97 Å². The fourth-order valence-corrected chi connectivity index (χ4v) is 4.51. The Balaban J connectivity index is 2.81. The van der Waals surface area contributed by atoms with Crippen molar-refractivity contribution in [1.82, 2.24) is 5.32 Å². The summed E-state index contributed by atoms with van der Waals surface area (Å²) < 4.78 is 5.10. The van der Waals surface area contributed by atoms with Gasteiger partial charge in [0.05, 0.1) is 12.5 Å². The number of carbonyl (C=O) groups is 3. The average Bonchev–Trinajstić information content (AvgIpc) is 2.65. The number of hydrogen-bond donors (Lipinski definition) is 1. The second-order valence-corrected chi connectivity index (χ2v) is 9.24. The molecule has 0 unspecified atom stereocenters. The molecule has 0 saturated heterocycles. The molecule has 0 aliphatic carbocycles. The summed E-state index contributed by atoms with van der Waals surface area (Å²) in [6.07, 6.45) is 2.50. The zero-order valence-electron chi connectivity index (χ0n) is 15.9. The molecule has 0 fully saturated rings. The van der Waals surface area contributed by atoms with Gasteiger partial charge in [-0.05, 0) is 25.2 Å². The third kappa shape index (κ3) is 10.1. The molecule has 1 aromatic rings. The summed E-state index contributed by atoms with van der Waals surface area (Å²) in [6.45, 7) is 3.50. The summed E-state index contributed by atoms with van der Waals surface area (Å²) in [5, 5.41) is 3.64. The molecule has 0 spiro atoms. The number of amides is 1. The minimum atomic E-state index is -0.685. The van der Waals surface area contributed by atoms with E-state index in [1.54, 1.807) is 30.4 Å². The van der Waals surface area contributed by atoms with E-state index in [2.05, 4.69) is 5.32 Å². The second-order valence-electron chi connectivity index (χ2n) is 5.78. The van der Waals surface area contributed by atoms with Crippen LogP contribution in [0.2, 0.25) is 0 Å². The van der Waals surface area contributed by atoms with Gasteiger partial charge in [-0.25, -0.2) is 4.79 Å². The minimum Gasteiger partial charge on any atom is -0.464 e. The highest BCUT2D eigenvalue weighted by molar-refractivity contribution is 8.15. The number of rotatable bonds is 12. The van der Waals surface area contributed by atoms with Crippen molar-refractivity contribution in [3.8, 4) is 0 Å². The molecule has 0 bridgehead atoms. The van der Waals surface area contributed by atoms with Crippen LogP contribution < -0.4 is 5.32 Å². The number of nitrogens with one attached hydrogen (secondary N) is 1. The molecule has 0 aliphatic rings. The summed E-state index contributed by atoms with van der Waals surface area (Å²) in [4.78, 5) is 36.4. The Morgan fingerprint density at radius 2 is 1.85 bits per heavy atom. The number of carbonyl (C=O) groups excluding carboxylic acids is 3. The summed E-state index contributed by atoms with van der Waals surface area (Å²) in [6, 6.07) is 8.98. The molecule has 8 heteroatoms. The van der Waals surface area contributed by atoms with Crippen LogP contribution in [0.4, 0.5) is 0 Å². The second kappa shape index (κ2) is 14.0. The number of esters is 1. The van der Waals surface area contributed by atoms with Gasteiger partial charge in [-0.15, -0.1) is 11.8 Å². The van der Waals surface area contributed by atoms with Crippen LogP contribution in [0.1, 0.15) is 19.4 Å². The quantitative estimate of drug-likeness (QED) is 0.311. The van der Waals surface area contributed by atoms with E-state index in [1.807, 2.05) is 36.6 Å². The van der Waals surface area contributed by atoms with E-state index in [-0.39, 0.29) is 17.6 Å². The van der Waals surface area contributed by atoms with Crippen LogP contribution in [0.15, 0.2) is 30.3 Å². The predicted molar refractivity (Wildman–Crippen MR) is 116 cm³/mol. The zero-order chi connectivity index (χ0) is 20.1. The highest BCUT2D eigenvalue weighted by Gasteiger charge is 2.27. The van der Waals surface area contributed by atoms with Gasteiger partial charge in [0.2, 0.25) is 5.91 Å². The predicted octanol–water partition coefficient (Wildman–Crippen LogP) is 3.23. The highest BCUT2D eigenvalue weighted by Crippen LogP contribution is 2.17. The van der Waals surface area contributed by atoms with E-state index in [1.165, 1.54) is 6.92 Å². The molecule has 1 aromatic carbocycles. The average molecular weight is 430 g/mol. The molecule has 27 heavy (non-hydrogen) atoms. The Morgan fingerprint density at radius 3 is 2.44 bits per heavy atom. The smallest absolute Gasteiger partial charge is 0.329 e. The van der Waals surface area contributed by atoms with Gasteiger partial charge in [-0.2, -0.15) is 11.8 Å². The lowest BCUT2D eigenvalue weighted by Gasteiger charge is -2.21. The molecule has 0 saturated carbocycles. The Kier molecular flexibility index (Phi) is 12.4. The third-order valence-corrected chi connectivity index (χ3v) is 6.71. The maximum Gasteiger partial charge on any atom is 0.329 e. The summed E-state index contributed by atoms with van der Waals surface area (Å²) in [7, 11) is 0. The summed E-state index contributed by atoms with van der Waals surface area (Å²) >= 11 is 4.37. The topological polar surface area (TPSA) is 72.5 Å². The van der Waals surface area contributed by atoms with Crippen molar-refractivity contribution in [2.75, 3.05) is 29.5 Å². The molecule has 0 heterocycles. The van der Waals surface area contributed by atoms with Crippen LogP contribution in [0.25, 0.3) is 0 Å². The molecule has 1 N–H and O–H groups in total. The van der Waals surface area contributed by atoms with Crippen LogP contribution in [0.3, 0.4) is 0 Å². The Bertz CT molecular complexity index is 598. The van der Waals surface area contributed by atoms with E-state index in [9.17, 15) is 14.4 Å². The van der Waals surface area contributed by atoms with E-state index in [4.69, 9.17) is 4.74 Å². The molecule has 0 aromatic heterocycles. The van der Waals surface area contributed by atoms with E-state index in [0.29, 0.717) is 17.9 Å². The first-order chi connectivity index (χ1) is 13.0. The number of thioether (sulfide) groups is 3. The van der Waals surface area contributed by atoms with Gasteiger partial charge in [0, 0.05) is 23.5 Å². The normalized spacial score (nSPS) is 12.9. The molecule has 2 atom stereocenters. The number of ether oxygens (including phenoxy) is 1. The van der Waals surface area contributed by atoms with E-state index >= 15 is 0 Å². The lowest BCUT2D eigenvalue weighted by Crippen LogP contribution is -2.47. The molecular weight excluding hydrogens is 402 g/mol. The van der Waals surface area contributed by atoms with Gasteiger partial charge in [-0.1, -0.05) is 42.1 Å². The first-order valence-corrected chi connectivity index (χ1v) is 12.2. The van der Waals surface area contributed by atoms with Crippen LogP contribution in [-0.4, -0.2) is 52.5 Å². The third-order valence-electron chi connectivity index (χ3n) is 3.56. The summed E-state index contributed by atoms with van der Waals surface area (Å²) in [5.41, 5.74) is 1.02. The standard InChI is InChI=1S/C19H27NO4S3/c1-4-24-19(23)17(12-26-13-25-3)20-18(22)16(11-27-14(2)21)10-15-8-6-5-7-9-15/h5-9,16-17H,4,10-13H2,1-3H3,(H,20,22)/t16-,17+/m1/s1. The van der Waals surface area contributed by atoms with Crippen molar-refractivity contribution >= 4 is 52.3 Å². The van der Waals surface area contributed by atoms with Crippen molar-refractivity contribution < 1.29 is 19.1 Å². The van der Waals surface area contributed by atoms with E-state index < -0.39 is 17.9 Å². The first-order valence-electron chi connectivity index (χ1n) is 8.68. The van der Waals surface area contributed by atoms with Crippen molar-refractivity contribution in [2.24, 2.45) is 5.92 Å². The monoisotopic (exact) mass is 429 g/mol. The van der Waals surface area contributed by atoms with Gasteiger partial charge in [0.15, 0.2) is 5.12 Å². The summed E-state index contributed by atoms with van der Waals surface area (Å²) in [5.74, 6) is -0.205.